The minimum absolute atomic E-state index is 0.0288. The molecule has 2 fully saturated rings. The Balaban J connectivity index is 1.52. The van der Waals surface area contributed by atoms with Gasteiger partial charge in [-0.05, 0) is 64.1 Å². The summed E-state index contributed by atoms with van der Waals surface area (Å²) in [7, 11) is 1.34. The van der Waals surface area contributed by atoms with Gasteiger partial charge in [0.15, 0.2) is 18.8 Å². The SMILES string of the molecule is C=CCc1cc(-c2ncoc2COC(=O)N(C)C2CCCC2)ccc1B1OC(C)(C)C(C)(C)O1. The lowest BCUT2D eigenvalue weighted by atomic mass is 9.74. The third-order valence-corrected chi connectivity index (χ3v) is 7.42. The number of aromatic nitrogens is 1. The molecule has 0 bridgehead atoms. The van der Waals surface area contributed by atoms with Gasteiger partial charge in [-0.1, -0.05) is 31.1 Å². The minimum Gasteiger partial charge on any atom is -0.444 e. The number of oxazole rings is 1. The quantitative estimate of drug-likeness (QED) is 0.428. The second-order valence-corrected chi connectivity index (χ2v) is 10.2. The molecule has 8 heteroatoms. The van der Waals surface area contributed by atoms with Gasteiger partial charge >= 0.3 is 13.2 Å². The molecule has 0 N–H and O–H groups in total. The molecule has 7 nitrogen and oxygen atoms in total. The number of benzene rings is 1. The molecule has 2 aliphatic rings. The fraction of sp³-hybridized carbons (Fsp3) is 0.538. The molecule has 0 unspecified atom stereocenters. The van der Waals surface area contributed by atoms with Gasteiger partial charge in [0.2, 0.25) is 0 Å². The number of allylic oxidation sites excluding steroid dienone is 1. The Morgan fingerprint density at radius 1 is 1.24 bits per heavy atom. The van der Waals surface area contributed by atoms with Crippen LogP contribution in [0.25, 0.3) is 11.3 Å². The van der Waals surface area contributed by atoms with E-state index in [1.807, 2.05) is 45.9 Å². The maximum atomic E-state index is 12.5. The summed E-state index contributed by atoms with van der Waals surface area (Å²) in [5.74, 6) is 0.515. The van der Waals surface area contributed by atoms with Crippen molar-refractivity contribution in [1.82, 2.24) is 9.88 Å². The fourth-order valence-electron chi connectivity index (χ4n) is 4.56. The van der Waals surface area contributed by atoms with Gasteiger partial charge in [0.25, 0.3) is 0 Å². The molecular formula is C26H35BN2O5. The van der Waals surface area contributed by atoms with Gasteiger partial charge in [0.1, 0.15) is 5.69 Å². The molecule has 2 aromatic rings. The Bertz CT molecular complexity index is 1030. The van der Waals surface area contributed by atoms with E-state index in [0.29, 0.717) is 17.9 Å². The normalized spacial score (nSPS) is 19.4. The van der Waals surface area contributed by atoms with E-state index in [-0.39, 0.29) is 18.7 Å². The number of amides is 1. The second-order valence-electron chi connectivity index (χ2n) is 10.2. The van der Waals surface area contributed by atoms with Gasteiger partial charge in [0.05, 0.1) is 11.2 Å². The molecule has 1 aromatic carbocycles. The van der Waals surface area contributed by atoms with Crippen molar-refractivity contribution in [3.63, 3.8) is 0 Å². The number of rotatable bonds is 7. The van der Waals surface area contributed by atoms with Crippen LogP contribution >= 0.6 is 0 Å². The van der Waals surface area contributed by atoms with Crippen molar-refractivity contribution < 1.29 is 23.3 Å². The van der Waals surface area contributed by atoms with E-state index in [4.69, 9.17) is 18.5 Å². The van der Waals surface area contributed by atoms with Crippen molar-refractivity contribution in [2.24, 2.45) is 0 Å². The largest absolute Gasteiger partial charge is 0.495 e. The number of ether oxygens (including phenoxy) is 1. The van der Waals surface area contributed by atoms with E-state index in [2.05, 4.69) is 17.6 Å². The molecule has 34 heavy (non-hydrogen) atoms. The second kappa shape index (κ2) is 9.58. The predicted octanol–water partition coefficient (Wildman–Crippen LogP) is 4.88. The minimum atomic E-state index is -0.460. The number of carbonyl (C=O) groups is 1. The van der Waals surface area contributed by atoms with Crippen molar-refractivity contribution in [2.45, 2.75) is 83.6 Å². The maximum absolute atomic E-state index is 12.5. The summed E-state index contributed by atoms with van der Waals surface area (Å²) in [6.45, 7) is 12.1. The van der Waals surface area contributed by atoms with E-state index in [1.165, 1.54) is 6.39 Å². The molecule has 0 spiro atoms. The van der Waals surface area contributed by atoms with E-state index < -0.39 is 18.3 Å². The van der Waals surface area contributed by atoms with Crippen LogP contribution in [0.15, 0.2) is 41.7 Å². The fourth-order valence-corrected chi connectivity index (χ4v) is 4.56. The zero-order chi connectivity index (χ0) is 24.5. The molecular weight excluding hydrogens is 431 g/mol. The third-order valence-electron chi connectivity index (χ3n) is 7.42. The highest BCUT2D eigenvalue weighted by Gasteiger charge is 2.52. The zero-order valence-corrected chi connectivity index (χ0v) is 20.9. The van der Waals surface area contributed by atoms with E-state index in [9.17, 15) is 4.79 Å². The molecule has 0 atom stereocenters. The monoisotopic (exact) mass is 466 g/mol. The van der Waals surface area contributed by atoms with Gasteiger partial charge in [-0.2, -0.15) is 0 Å². The molecule has 1 saturated carbocycles. The smallest absolute Gasteiger partial charge is 0.444 e. The molecule has 1 saturated heterocycles. The van der Waals surface area contributed by atoms with Crippen LogP contribution in [0.5, 0.6) is 0 Å². The summed E-state index contributed by atoms with van der Waals surface area (Å²) in [4.78, 5) is 18.6. The lowest BCUT2D eigenvalue weighted by Gasteiger charge is -2.32. The van der Waals surface area contributed by atoms with Gasteiger partial charge < -0.3 is 23.4 Å². The average molecular weight is 466 g/mol. The highest BCUT2D eigenvalue weighted by Crippen LogP contribution is 2.37. The number of hydrogen-bond acceptors (Lipinski definition) is 6. The Labute approximate surface area is 202 Å². The molecule has 0 radical (unpaired) electrons. The van der Waals surface area contributed by atoms with Gasteiger partial charge in [-0.25, -0.2) is 9.78 Å². The first-order chi connectivity index (χ1) is 16.1. The van der Waals surface area contributed by atoms with Crippen molar-refractivity contribution in [2.75, 3.05) is 7.05 Å². The summed E-state index contributed by atoms with van der Waals surface area (Å²) in [5.41, 5.74) is 2.70. The van der Waals surface area contributed by atoms with Crippen LogP contribution < -0.4 is 5.46 Å². The molecule has 1 aliphatic carbocycles. The first kappa shape index (κ1) is 24.5. The highest BCUT2D eigenvalue weighted by molar-refractivity contribution is 6.62. The Morgan fingerprint density at radius 3 is 2.56 bits per heavy atom. The van der Waals surface area contributed by atoms with Crippen LogP contribution in [0.1, 0.15) is 64.7 Å². The number of carbonyl (C=O) groups excluding carboxylic acids is 1. The van der Waals surface area contributed by atoms with Gasteiger partial charge in [-0.15, -0.1) is 6.58 Å². The average Bonchev–Trinajstić information content (AvgIpc) is 3.52. The van der Waals surface area contributed by atoms with Gasteiger partial charge in [-0.3, -0.25) is 0 Å². The lowest BCUT2D eigenvalue weighted by molar-refractivity contribution is 0.00578. The lowest BCUT2D eigenvalue weighted by Crippen LogP contribution is -2.41. The predicted molar refractivity (Wildman–Crippen MR) is 132 cm³/mol. The summed E-state index contributed by atoms with van der Waals surface area (Å²) < 4.78 is 23.7. The van der Waals surface area contributed by atoms with Crippen LogP contribution in [-0.2, 0) is 27.1 Å². The standard InChI is InChI=1S/C26H35BN2O5/c1-7-10-18-15-19(13-14-21(18)27-33-25(2,3)26(4,5)34-27)23-22(32-17-28-23)16-31-24(30)29(6)20-11-8-9-12-20/h7,13-15,17,20H,1,8-12,16H2,2-6H3. The van der Waals surface area contributed by atoms with Crippen LogP contribution in [0, 0.1) is 0 Å². The molecule has 1 aliphatic heterocycles. The third kappa shape index (κ3) is 4.79. The molecule has 1 aromatic heterocycles. The van der Waals surface area contributed by atoms with Crippen LogP contribution in [0.2, 0.25) is 0 Å². The molecule has 1 amide bonds. The Morgan fingerprint density at radius 2 is 1.91 bits per heavy atom. The summed E-state index contributed by atoms with van der Waals surface area (Å²) in [5, 5.41) is 0. The van der Waals surface area contributed by atoms with Crippen LogP contribution in [0.4, 0.5) is 4.79 Å². The summed E-state index contributed by atoms with van der Waals surface area (Å²) >= 11 is 0. The van der Waals surface area contributed by atoms with Crippen LogP contribution in [-0.4, -0.2) is 47.4 Å². The highest BCUT2D eigenvalue weighted by atomic mass is 16.7. The van der Waals surface area contributed by atoms with Crippen molar-refractivity contribution in [3.8, 4) is 11.3 Å². The van der Waals surface area contributed by atoms with E-state index in [0.717, 1.165) is 42.3 Å². The van der Waals surface area contributed by atoms with E-state index >= 15 is 0 Å². The van der Waals surface area contributed by atoms with Crippen LogP contribution in [0.3, 0.4) is 0 Å². The molecule has 4 rings (SSSR count). The molecule has 182 valence electrons. The number of hydrogen-bond donors (Lipinski definition) is 0. The van der Waals surface area contributed by atoms with Crippen molar-refractivity contribution in [3.05, 3.63) is 48.6 Å². The first-order valence-corrected chi connectivity index (χ1v) is 12.0. The first-order valence-electron chi connectivity index (χ1n) is 12.0. The van der Waals surface area contributed by atoms with Crippen molar-refractivity contribution >= 4 is 18.7 Å². The van der Waals surface area contributed by atoms with Crippen molar-refractivity contribution in [1.29, 1.82) is 0 Å². The maximum Gasteiger partial charge on any atom is 0.495 e. The Hall–Kier alpha value is -2.58. The topological polar surface area (TPSA) is 74.0 Å². The molecule has 2 heterocycles. The Kier molecular flexibility index (Phi) is 6.92. The van der Waals surface area contributed by atoms with Gasteiger partial charge in [0, 0.05) is 18.7 Å². The summed E-state index contributed by atoms with van der Waals surface area (Å²) in [6, 6.07) is 6.29. The van der Waals surface area contributed by atoms with E-state index in [1.54, 1.807) is 11.9 Å². The summed E-state index contributed by atoms with van der Waals surface area (Å²) in [6.07, 6.45) is 7.93. The zero-order valence-electron chi connectivity index (χ0n) is 20.9. The number of nitrogens with zero attached hydrogens (tertiary/aromatic N) is 2.